The van der Waals surface area contributed by atoms with Crippen LogP contribution in [0.3, 0.4) is 0 Å². The Morgan fingerprint density at radius 2 is 2.29 bits per heavy atom. The summed E-state index contributed by atoms with van der Waals surface area (Å²) in [7, 11) is 1.20. The molecule has 0 aliphatic carbocycles. The highest BCUT2D eigenvalue weighted by Crippen LogP contribution is 2.12. The normalized spacial score (nSPS) is 11.0. The summed E-state index contributed by atoms with van der Waals surface area (Å²) in [6, 6.07) is 0. The highest BCUT2D eigenvalue weighted by molar-refractivity contribution is 7.13. The molecular weight excluding hydrogens is 248 g/mol. The van der Waals surface area contributed by atoms with Crippen molar-refractivity contribution >= 4 is 34.1 Å². The molecule has 0 aromatic carbocycles. The van der Waals surface area contributed by atoms with Gasteiger partial charge < -0.3 is 21.0 Å². The van der Waals surface area contributed by atoms with Crippen LogP contribution < -0.4 is 11.5 Å². The monoisotopic (exact) mass is 258 g/mol. The van der Waals surface area contributed by atoms with Crippen molar-refractivity contribution in [2.45, 2.75) is 0 Å². The molecule has 0 saturated carbocycles. The molecular formula is C8H10N4O4S. The Hall–Kier alpha value is -2.16. The van der Waals surface area contributed by atoms with Gasteiger partial charge in [-0.1, -0.05) is 5.16 Å². The molecule has 0 saturated heterocycles. The van der Waals surface area contributed by atoms with Crippen molar-refractivity contribution in [3.05, 3.63) is 11.1 Å². The van der Waals surface area contributed by atoms with E-state index in [1.165, 1.54) is 12.5 Å². The second-order valence-corrected chi connectivity index (χ2v) is 3.61. The first kappa shape index (κ1) is 12.9. The molecule has 0 unspecified atom stereocenters. The van der Waals surface area contributed by atoms with Gasteiger partial charge in [-0.2, -0.15) is 0 Å². The number of anilines is 1. The predicted octanol–water partition coefficient (Wildman–Crippen LogP) is -0.896. The van der Waals surface area contributed by atoms with Crippen molar-refractivity contribution < 1.29 is 19.2 Å². The van der Waals surface area contributed by atoms with E-state index in [9.17, 15) is 9.59 Å². The molecule has 0 bridgehead atoms. The van der Waals surface area contributed by atoms with Crippen molar-refractivity contribution in [1.82, 2.24) is 4.98 Å². The molecule has 1 aromatic heterocycles. The Bertz CT molecular complexity index is 456. The molecule has 0 atom stereocenters. The van der Waals surface area contributed by atoms with Crippen LogP contribution >= 0.6 is 11.3 Å². The molecule has 17 heavy (non-hydrogen) atoms. The molecule has 1 aromatic rings. The molecule has 1 rings (SSSR count). The quantitative estimate of drug-likeness (QED) is 0.400. The highest BCUT2D eigenvalue weighted by Gasteiger charge is 2.15. The summed E-state index contributed by atoms with van der Waals surface area (Å²) < 4.78 is 4.32. The molecule has 0 aliphatic rings. The van der Waals surface area contributed by atoms with Gasteiger partial charge in [-0.3, -0.25) is 4.79 Å². The van der Waals surface area contributed by atoms with E-state index in [-0.39, 0.29) is 16.5 Å². The van der Waals surface area contributed by atoms with Crippen molar-refractivity contribution in [2.24, 2.45) is 10.9 Å². The number of ether oxygens (including phenoxy) is 1. The minimum absolute atomic E-state index is 0.199. The van der Waals surface area contributed by atoms with Crippen molar-refractivity contribution in [3.63, 3.8) is 0 Å². The van der Waals surface area contributed by atoms with E-state index in [0.717, 1.165) is 11.3 Å². The maximum absolute atomic E-state index is 11.1. The lowest BCUT2D eigenvalue weighted by atomic mass is 10.3. The number of carbonyl (C=O) groups is 2. The van der Waals surface area contributed by atoms with Crippen LogP contribution in [0.4, 0.5) is 5.13 Å². The minimum atomic E-state index is -0.833. The molecule has 9 heteroatoms. The Kier molecular flexibility index (Phi) is 4.40. The van der Waals surface area contributed by atoms with Crippen LogP contribution in [-0.4, -0.2) is 36.3 Å². The van der Waals surface area contributed by atoms with E-state index in [4.69, 9.17) is 11.5 Å². The Labute approximate surface area is 100 Å². The smallest absolute Gasteiger partial charge is 0.346 e. The number of nitrogens with zero attached hydrogens (tertiary/aromatic N) is 2. The summed E-state index contributed by atoms with van der Waals surface area (Å²) in [5.41, 5.74) is 10.5. The van der Waals surface area contributed by atoms with Gasteiger partial charge in [0.1, 0.15) is 5.69 Å². The van der Waals surface area contributed by atoms with Gasteiger partial charge in [-0.25, -0.2) is 9.78 Å². The van der Waals surface area contributed by atoms with Gasteiger partial charge in [-0.15, -0.1) is 11.3 Å². The van der Waals surface area contributed by atoms with Crippen LogP contribution in [-0.2, 0) is 19.2 Å². The topological polar surface area (TPSA) is 130 Å². The third-order valence-electron chi connectivity index (χ3n) is 1.56. The molecule has 4 N–H and O–H groups in total. The zero-order chi connectivity index (χ0) is 12.8. The Morgan fingerprint density at radius 1 is 1.59 bits per heavy atom. The maximum atomic E-state index is 11.1. The lowest BCUT2D eigenvalue weighted by Gasteiger charge is -2.00. The summed E-state index contributed by atoms with van der Waals surface area (Å²) in [6.07, 6.45) is 0. The third-order valence-corrected chi connectivity index (χ3v) is 2.24. The summed E-state index contributed by atoms with van der Waals surface area (Å²) >= 11 is 1.13. The second-order valence-electron chi connectivity index (χ2n) is 2.72. The minimum Gasteiger partial charge on any atom is -0.466 e. The van der Waals surface area contributed by atoms with E-state index < -0.39 is 18.5 Å². The number of amides is 1. The van der Waals surface area contributed by atoms with E-state index in [1.54, 1.807) is 0 Å². The van der Waals surface area contributed by atoms with Gasteiger partial charge in [-0.05, 0) is 0 Å². The van der Waals surface area contributed by atoms with Crippen LogP contribution in [0.5, 0.6) is 0 Å². The zero-order valence-corrected chi connectivity index (χ0v) is 9.69. The number of rotatable bonds is 5. The molecule has 8 nitrogen and oxygen atoms in total. The van der Waals surface area contributed by atoms with Gasteiger partial charge in [0, 0.05) is 5.38 Å². The molecule has 92 valence electrons. The van der Waals surface area contributed by atoms with Gasteiger partial charge in [0.05, 0.1) is 7.11 Å². The maximum Gasteiger partial charge on any atom is 0.346 e. The SMILES string of the molecule is COC(=O)CON=C(C(N)=O)c1csc(N)n1. The number of hydrogen-bond acceptors (Lipinski definition) is 8. The summed E-state index contributed by atoms with van der Waals surface area (Å²) in [5.74, 6) is -1.46. The highest BCUT2D eigenvalue weighted by atomic mass is 32.1. The first-order valence-corrected chi connectivity index (χ1v) is 5.20. The number of methoxy groups -OCH3 is 1. The van der Waals surface area contributed by atoms with E-state index >= 15 is 0 Å². The van der Waals surface area contributed by atoms with Gasteiger partial charge >= 0.3 is 5.97 Å². The van der Waals surface area contributed by atoms with Crippen LogP contribution in [0.25, 0.3) is 0 Å². The lowest BCUT2D eigenvalue weighted by Crippen LogP contribution is -2.25. The number of nitrogen functional groups attached to an aromatic ring is 1. The van der Waals surface area contributed by atoms with Gasteiger partial charge in [0.25, 0.3) is 5.91 Å². The number of carbonyl (C=O) groups excluding carboxylic acids is 2. The zero-order valence-electron chi connectivity index (χ0n) is 8.87. The average Bonchev–Trinajstić information content (AvgIpc) is 2.70. The predicted molar refractivity (Wildman–Crippen MR) is 60.2 cm³/mol. The van der Waals surface area contributed by atoms with Crippen LogP contribution in [0.2, 0.25) is 0 Å². The molecule has 0 radical (unpaired) electrons. The number of esters is 1. The first-order chi connectivity index (χ1) is 8.04. The van der Waals surface area contributed by atoms with E-state index in [0.29, 0.717) is 0 Å². The molecule has 1 amide bonds. The van der Waals surface area contributed by atoms with E-state index in [2.05, 4.69) is 19.7 Å². The molecule has 1 heterocycles. The van der Waals surface area contributed by atoms with Gasteiger partial charge in [0.15, 0.2) is 10.8 Å². The van der Waals surface area contributed by atoms with Crippen LogP contribution in [0, 0.1) is 0 Å². The Balaban J connectivity index is 2.76. The van der Waals surface area contributed by atoms with Crippen LogP contribution in [0.1, 0.15) is 5.69 Å². The number of oxime groups is 1. The average molecular weight is 258 g/mol. The molecule has 0 spiro atoms. The number of nitrogens with two attached hydrogens (primary N) is 2. The third kappa shape index (κ3) is 3.72. The number of hydrogen-bond donors (Lipinski definition) is 2. The fraction of sp³-hybridized carbons (Fsp3) is 0.250. The lowest BCUT2D eigenvalue weighted by molar-refractivity contribution is -0.145. The van der Waals surface area contributed by atoms with E-state index in [1.807, 2.05) is 0 Å². The van der Waals surface area contributed by atoms with Crippen LogP contribution in [0.15, 0.2) is 10.5 Å². The summed E-state index contributed by atoms with van der Waals surface area (Å²) in [5, 5.41) is 5.19. The fourth-order valence-corrected chi connectivity index (χ4v) is 1.37. The number of thiazole rings is 1. The second kappa shape index (κ2) is 5.80. The molecule has 0 aliphatic heterocycles. The molecule has 0 fully saturated rings. The van der Waals surface area contributed by atoms with Crippen molar-refractivity contribution in [1.29, 1.82) is 0 Å². The van der Waals surface area contributed by atoms with Gasteiger partial charge in [0.2, 0.25) is 6.61 Å². The summed E-state index contributed by atoms with van der Waals surface area (Å²) in [6.45, 7) is -0.424. The standard InChI is InChI=1S/C8H10N4O4S/c1-15-5(13)2-16-12-6(7(9)14)4-3-17-8(10)11-4/h3H,2H2,1H3,(H2,9,14)(H2,10,11). The largest absolute Gasteiger partial charge is 0.466 e. The first-order valence-electron chi connectivity index (χ1n) is 4.32. The number of primary amides is 1. The van der Waals surface area contributed by atoms with Crippen molar-refractivity contribution in [2.75, 3.05) is 19.5 Å². The van der Waals surface area contributed by atoms with Crippen molar-refractivity contribution in [3.8, 4) is 0 Å². The number of aromatic nitrogens is 1. The summed E-state index contributed by atoms with van der Waals surface area (Å²) in [4.78, 5) is 30.2. The Morgan fingerprint density at radius 3 is 2.76 bits per heavy atom. The fourth-order valence-electron chi connectivity index (χ4n) is 0.823.